The number of benzene rings is 1. The van der Waals surface area contributed by atoms with Gasteiger partial charge in [-0.25, -0.2) is 0 Å². The average molecular weight is 282 g/mol. The molecule has 1 nitrogen and oxygen atoms in total. The van der Waals surface area contributed by atoms with E-state index in [1.54, 1.807) is 0 Å². The van der Waals surface area contributed by atoms with Crippen molar-refractivity contribution in [2.75, 3.05) is 5.32 Å². The van der Waals surface area contributed by atoms with E-state index in [9.17, 15) is 0 Å². The molecule has 1 unspecified atom stereocenters. The first-order valence-corrected chi connectivity index (χ1v) is 6.89. The van der Waals surface area contributed by atoms with Crippen molar-refractivity contribution in [3.63, 3.8) is 0 Å². The van der Waals surface area contributed by atoms with Gasteiger partial charge in [0.1, 0.15) is 0 Å². The van der Waals surface area contributed by atoms with Crippen molar-refractivity contribution in [3.8, 4) is 0 Å². The van der Waals surface area contributed by atoms with E-state index >= 15 is 0 Å². The van der Waals surface area contributed by atoms with Gasteiger partial charge in [-0.3, -0.25) is 0 Å². The topological polar surface area (TPSA) is 12.0 Å². The lowest BCUT2D eigenvalue weighted by Gasteiger charge is -2.19. The highest BCUT2D eigenvalue weighted by Crippen LogP contribution is 2.34. The van der Waals surface area contributed by atoms with Crippen molar-refractivity contribution < 1.29 is 0 Å². The molecule has 0 spiro atoms. The monoisotopic (exact) mass is 281 g/mol. The standard InChI is InChI=1S/C14H20BrN/c1-9-6-13(15)7-10(2)14(9)16-11(3)8-12-4-5-12/h6-7,11-12,16H,4-5,8H2,1-3H3. The Labute approximate surface area is 107 Å². The predicted octanol–water partition coefficient (Wildman–Crippen LogP) is 4.67. The maximum Gasteiger partial charge on any atom is 0.0402 e. The second-order valence-electron chi connectivity index (χ2n) is 5.14. The number of hydrogen-bond acceptors (Lipinski definition) is 1. The fourth-order valence-corrected chi connectivity index (χ4v) is 2.98. The zero-order valence-corrected chi connectivity index (χ0v) is 11.9. The van der Waals surface area contributed by atoms with Gasteiger partial charge in [0.25, 0.3) is 0 Å². The maximum absolute atomic E-state index is 3.66. The van der Waals surface area contributed by atoms with Gasteiger partial charge in [0.15, 0.2) is 0 Å². The lowest BCUT2D eigenvalue weighted by Crippen LogP contribution is -2.17. The molecule has 1 fully saturated rings. The Hall–Kier alpha value is -0.500. The second kappa shape index (κ2) is 4.79. The third-order valence-corrected chi connectivity index (χ3v) is 3.73. The number of halogens is 1. The summed E-state index contributed by atoms with van der Waals surface area (Å²) in [4.78, 5) is 0. The number of nitrogens with one attached hydrogen (secondary N) is 1. The van der Waals surface area contributed by atoms with E-state index in [2.05, 4.69) is 54.2 Å². The molecule has 0 radical (unpaired) electrons. The van der Waals surface area contributed by atoms with Crippen LogP contribution in [-0.4, -0.2) is 6.04 Å². The van der Waals surface area contributed by atoms with Crippen molar-refractivity contribution in [3.05, 3.63) is 27.7 Å². The van der Waals surface area contributed by atoms with Gasteiger partial charge < -0.3 is 5.32 Å². The Morgan fingerprint density at radius 1 is 1.31 bits per heavy atom. The molecule has 0 heterocycles. The Morgan fingerprint density at radius 2 is 1.88 bits per heavy atom. The minimum absolute atomic E-state index is 0.589. The summed E-state index contributed by atoms with van der Waals surface area (Å²) in [6.45, 7) is 6.63. The molecule has 1 aromatic rings. The van der Waals surface area contributed by atoms with E-state index in [4.69, 9.17) is 0 Å². The Kier molecular flexibility index (Phi) is 3.58. The molecule has 0 aliphatic heterocycles. The van der Waals surface area contributed by atoms with Crippen molar-refractivity contribution in [1.82, 2.24) is 0 Å². The van der Waals surface area contributed by atoms with Crippen molar-refractivity contribution in [2.24, 2.45) is 5.92 Å². The highest BCUT2D eigenvalue weighted by molar-refractivity contribution is 9.10. The van der Waals surface area contributed by atoms with Gasteiger partial charge in [-0.1, -0.05) is 28.8 Å². The van der Waals surface area contributed by atoms with Gasteiger partial charge in [0, 0.05) is 16.2 Å². The summed E-state index contributed by atoms with van der Waals surface area (Å²) in [5.74, 6) is 0.985. The Bertz CT molecular complexity index is 359. The van der Waals surface area contributed by atoms with Crippen LogP contribution in [0, 0.1) is 19.8 Å². The molecule has 0 saturated heterocycles. The molecule has 88 valence electrons. The third-order valence-electron chi connectivity index (χ3n) is 3.27. The summed E-state index contributed by atoms with van der Waals surface area (Å²) in [5.41, 5.74) is 3.97. The number of aryl methyl sites for hydroxylation is 2. The number of anilines is 1. The van der Waals surface area contributed by atoms with Crippen LogP contribution in [0.3, 0.4) is 0 Å². The molecule has 1 aliphatic rings. The van der Waals surface area contributed by atoms with Gasteiger partial charge in [-0.15, -0.1) is 0 Å². The highest BCUT2D eigenvalue weighted by Gasteiger charge is 2.23. The number of hydrogen-bond donors (Lipinski definition) is 1. The first-order chi connectivity index (χ1) is 7.56. The first kappa shape index (κ1) is 12.0. The van der Waals surface area contributed by atoms with E-state index in [0.717, 1.165) is 5.92 Å². The normalized spacial score (nSPS) is 17.2. The summed E-state index contributed by atoms with van der Waals surface area (Å²) in [5, 5.41) is 3.66. The van der Waals surface area contributed by atoms with Crippen LogP contribution in [0.4, 0.5) is 5.69 Å². The summed E-state index contributed by atoms with van der Waals surface area (Å²) in [6, 6.07) is 4.95. The number of rotatable bonds is 4. The summed E-state index contributed by atoms with van der Waals surface area (Å²) < 4.78 is 1.17. The summed E-state index contributed by atoms with van der Waals surface area (Å²) >= 11 is 3.54. The molecule has 1 atom stereocenters. The van der Waals surface area contributed by atoms with Crippen LogP contribution in [0.5, 0.6) is 0 Å². The summed E-state index contributed by atoms with van der Waals surface area (Å²) in [7, 11) is 0. The van der Waals surface area contributed by atoms with Crippen molar-refractivity contribution in [1.29, 1.82) is 0 Å². The molecule has 0 amide bonds. The molecule has 1 N–H and O–H groups in total. The molecule has 2 heteroatoms. The van der Waals surface area contributed by atoms with E-state index in [-0.39, 0.29) is 0 Å². The largest absolute Gasteiger partial charge is 0.382 e. The predicted molar refractivity (Wildman–Crippen MR) is 74.0 cm³/mol. The molecule has 2 rings (SSSR count). The smallest absolute Gasteiger partial charge is 0.0402 e. The van der Waals surface area contributed by atoms with Gasteiger partial charge in [-0.05, 0) is 56.4 Å². The molecule has 0 bridgehead atoms. The lowest BCUT2D eigenvalue weighted by atomic mass is 10.1. The van der Waals surface area contributed by atoms with E-state index in [0.29, 0.717) is 6.04 Å². The van der Waals surface area contributed by atoms with Gasteiger partial charge in [0.2, 0.25) is 0 Å². The van der Waals surface area contributed by atoms with Crippen LogP contribution in [0.25, 0.3) is 0 Å². The van der Waals surface area contributed by atoms with Gasteiger partial charge in [-0.2, -0.15) is 0 Å². The molecule has 1 aliphatic carbocycles. The Morgan fingerprint density at radius 3 is 2.38 bits per heavy atom. The fourth-order valence-electron chi connectivity index (χ4n) is 2.30. The van der Waals surface area contributed by atoms with E-state index in [1.165, 1.54) is 40.5 Å². The van der Waals surface area contributed by atoms with Crippen LogP contribution in [0.2, 0.25) is 0 Å². The average Bonchev–Trinajstić information content (AvgIpc) is 2.95. The maximum atomic E-state index is 3.66. The SMILES string of the molecule is Cc1cc(Br)cc(C)c1NC(C)CC1CC1. The van der Waals surface area contributed by atoms with Gasteiger partial charge in [0.05, 0.1) is 0 Å². The second-order valence-corrected chi connectivity index (χ2v) is 6.05. The quantitative estimate of drug-likeness (QED) is 0.846. The van der Waals surface area contributed by atoms with Crippen LogP contribution in [0.15, 0.2) is 16.6 Å². The molecule has 0 aromatic heterocycles. The fraction of sp³-hybridized carbons (Fsp3) is 0.571. The summed E-state index contributed by atoms with van der Waals surface area (Å²) in [6.07, 6.45) is 4.18. The molecular formula is C14H20BrN. The van der Waals surface area contributed by atoms with Crippen LogP contribution in [0.1, 0.15) is 37.3 Å². The van der Waals surface area contributed by atoms with Gasteiger partial charge >= 0.3 is 0 Å². The van der Waals surface area contributed by atoms with Crippen molar-refractivity contribution >= 4 is 21.6 Å². The van der Waals surface area contributed by atoms with E-state index < -0.39 is 0 Å². The molecule has 1 saturated carbocycles. The van der Waals surface area contributed by atoms with Crippen LogP contribution >= 0.6 is 15.9 Å². The minimum atomic E-state index is 0.589. The lowest BCUT2D eigenvalue weighted by molar-refractivity contribution is 0.641. The zero-order valence-electron chi connectivity index (χ0n) is 10.3. The minimum Gasteiger partial charge on any atom is -0.382 e. The third kappa shape index (κ3) is 3.00. The first-order valence-electron chi connectivity index (χ1n) is 6.09. The molecule has 1 aromatic carbocycles. The molecule has 16 heavy (non-hydrogen) atoms. The van der Waals surface area contributed by atoms with E-state index in [1.807, 2.05) is 0 Å². The zero-order chi connectivity index (χ0) is 11.7. The Balaban J connectivity index is 2.07. The molecular weight excluding hydrogens is 262 g/mol. The van der Waals surface area contributed by atoms with Crippen LogP contribution < -0.4 is 5.32 Å². The highest BCUT2D eigenvalue weighted by atomic mass is 79.9. The van der Waals surface area contributed by atoms with Crippen molar-refractivity contribution in [2.45, 2.75) is 46.1 Å². The van der Waals surface area contributed by atoms with Crippen LogP contribution in [-0.2, 0) is 0 Å².